The molecule has 0 aliphatic carbocycles. The zero-order valence-electron chi connectivity index (χ0n) is 14.0. The zero-order valence-corrected chi connectivity index (χ0v) is 14.0. The van der Waals surface area contributed by atoms with Gasteiger partial charge in [-0.3, -0.25) is 0 Å². The van der Waals surface area contributed by atoms with Crippen molar-refractivity contribution in [3.63, 3.8) is 0 Å². The molecule has 1 aromatic carbocycles. The van der Waals surface area contributed by atoms with Gasteiger partial charge in [-0.25, -0.2) is 4.79 Å². The summed E-state index contributed by atoms with van der Waals surface area (Å²) in [5.74, 6) is -0.328. The van der Waals surface area contributed by atoms with E-state index in [0.29, 0.717) is 38.6 Å². The molecule has 0 saturated heterocycles. The Bertz CT molecular complexity index is 394. The predicted molar refractivity (Wildman–Crippen MR) is 88.7 cm³/mol. The largest absolute Gasteiger partial charge is 0.460 e. The third-order valence-electron chi connectivity index (χ3n) is 3.11. The van der Waals surface area contributed by atoms with E-state index in [4.69, 9.17) is 18.9 Å². The highest BCUT2D eigenvalue weighted by Crippen LogP contribution is 2.00. The van der Waals surface area contributed by atoms with Crippen LogP contribution in [0.25, 0.3) is 0 Å². The van der Waals surface area contributed by atoms with Crippen LogP contribution in [0.15, 0.2) is 30.3 Å². The molecule has 1 rings (SSSR count). The van der Waals surface area contributed by atoms with Crippen molar-refractivity contribution in [2.45, 2.75) is 26.2 Å². The van der Waals surface area contributed by atoms with Crippen LogP contribution in [0.1, 0.15) is 36.5 Å². The molecule has 0 aliphatic heterocycles. The molecule has 0 amide bonds. The van der Waals surface area contributed by atoms with Crippen LogP contribution < -0.4 is 0 Å². The first-order valence-corrected chi connectivity index (χ1v) is 8.30. The molecule has 5 heteroatoms. The lowest BCUT2D eigenvalue weighted by Crippen LogP contribution is -2.14. The molecule has 0 atom stereocenters. The quantitative estimate of drug-likeness (QED) is 0.389. The highest BCUT2D eigenvalue weighted by Gasteiger charge is 2.04. The van der Waals surface area contributed by atoms with Crippen LogP contribution in [0.3, 0.4) is 0 Å². The average molecular weight is 324 g/mol. The van der Waals surface area contributed by atoms with Crippen LogP contribution in [-0.2, 0) is 18.9 Å². The van der Waals surface area contributed by atoms with Gasteiger partial charge in [0.05, 0.1) is 38.6 Å². The summed E-state index contributed by atoms with van der Waals surface area (Å²) in [5, 5.41) is 0. The van der Waals surface area contributed by atoms with Gasteiger partial charge in [-0.2, -0.15) is 0 Å². The summed E-state index contributed by atoms with van der Waals surface area (Å²) in [7, 11) is 0. The molecular formula is C18H28O5. The Balaban J connectivity index is 1.82. The summed E-state index contributed by atoms with van der Waals surface area (Å²) < 4.78 is 21.2. The number of rotatable bonds is 14. The molecule has 0 heterocycles. The monoisotopic (exact) mass is 324 g/mol. The average Bonchev–Trinajstić information content (AvgIpc) is 2.59. The standard InChI is InChI=1S/C18H28O5/c1-2-3-7-10-20-11-12-21-13-14-22-15-16-23-18(19)17-8-5-4-6-9-17/h4-6,8-9H,2-3,7,10-16H2,1H3. The lowest BCUT2D eigenvalue weighted by molar-refractivity contribution is 0.000212. The van der Waals surface area contributed by atoms with Crippen molar-refractivity contribution >= 4 is 5.97 Å². The fourth-order valence-corrected chi connectivity index (χ4v) is 1.85. The van der Waals surface area contributed by atoms with Gasteiger partial charge in [0.2, 0.25) is 0 Å². The predicted octanol–water partition coefficient (Wildman–Crippen LogP) is 3.08. The van der Waals surface area contributed by atoms with E-state index in [2.05, 4.69) is 6.92 Å². The van der Waals surface area contributed by atoms with Crippen LogP contribution >= 0.6 is 0 Å². The van der Waals surface area contributed by atoms with E-state index in [-0.39, 0.29) is 12.6 Å². The molecule has 0 fully saturated rings. The molecule has 0 radical (unpaired) electrons. The molecule has 1 aromatic rings. The van der Waals surface area contributed by atoms with Crippen molar-refractivity contribution < 1.29 is 23.7 Å². The van der Waals surface area contributed by atoms with Gasteiger partial charge in [0, 0.05) is 6.61 Å². The molecule has 0 bridgehead atoms. The molecule has 0 saturated carbocycles. The van der Waals surface area contributed by atoms with Gasteiger partial charge < -0.3 is 18.9 Å². The van der Waals surface area contributed by atoms with Gasteiger partial charge in [-0.15, -0.1) is 0 Å². The molecule has 23 heavy (non-hydrogen) atoms. The summed E-state index contributed by atoms with van der Waals surface area (Å²) >= 11 is 0. The first-order chi connectivity index (χ1) is 11.3. The van der Waals surface area contributed by atoms with Gasteiger partial charge in [0.1, 0.15) is 6.61 Å². The Labute approximate surface area is 138 Å². The van der Waals surface area contributed by atoms with Crippen molar-refractivity contribution in [2.75, 3.05) is 46.2 Å². The molecule has 0 spiro atoms. The van der Waals surface area contributed by atoms with Crippen molar-refractivity contribution in [3.8, 4) is 0 Å². The van der Waals surface area contributed by atoms with E-state index < -0.39 is 0 Å². The van der Waals surface area contributed by atoms with E-state index in [0.717, 1.165) is 13.0 Å². The van der Waals surface area contributed by atoms with Crippen LogP contribution in [0.5, 0.6) is 0 Å². The smallest absolute Gasteiger partial charge is 0.338 e. The van der Waals surface area contributed by atoms with Crippen LogP contribution in [-0.4, -0.2) is 52.2 Å². The third kappa shape index (κ3) is 10.8. The first-order valence-electron chi connectivity index (χ1n) is 8.30. The summed E-state index contributed by atoms with van der Waals surface area (Å²) in [6.07, 6.45) is 3.53. The molecule has 5 nitrogen and oxygen atoms in total. The van der Waals surface area contributed by atoms with E-state index in [1.54, 1.807) is 24.3 Å². The first kappa shape index (κ1) is 19.6. The van der Waals surface area contributed by atoms with Crippen molar-refractivity contribution in [3.05, 3.63) is 35.9 Å². The lowest BCUT2D eigenvalue weighted by Gasteiger charge is -2.07. The fraction of sp³-hybridized carbons (Fsp3) is 0.611. The van der Waals surface area contributed by atoms with Crippen LogP contribution in [0, 0.1) is 0 Å². The second-order valence-electron chi connectivity index (χ2n) is 5.05. The number of carbonyl (C=O) groups excluding carboxylic acids is 1. The third-order valence-corrected chi connectivity index (χ3v) is 3.11. The molecule has 0 N–H and O–H groups in total. The fourth-order valence-electron chi connectivity index (χ4n) is 1.85. The normalized spacial score (nSPS) is 10.7. The molecule has 130 valence electrons. The van der Waals surface area contributed by atoms with Crippen molar-refractivity contribution in [1.82, 2.24) is 0 Å². The second kappa shape index (κ2) is 14.2. The van der Waals surface area contributed by atoms with E-state index in [1.165, 1.54) is 12.8 Å². The maximum Gasteiger partial charge on any atom is 0.338 e. The molecular weight excluding hydrogens is 296 g/mol. The Morgan fingerprint density at radius 3 is 1.96 bits per heavy atom. The van der Waals surface area contributed by atoms with Crippen molar-refractivity contribution in [1.29, 1.82) is 0 Å². The number of benzene rings is 1. The Kier molecular flexibility index (Phi) is 12.1. The number of ether oxygens (including phenoxy) is 4. The number of hydrogen-bond donors (Lipinski definition) is 0. The van der Waals surface area contributed by atoms with Crippen molar-refractivity contribution in [2.24, 2.45) is 0 Å². The number of unbranched alkanes of at least 4 members (excludes halogenated alkanes) is 2. The second-order valence-corrected chi connectivity index (χ2v) is 5.05. The van der Waals surface area contributed by atoms with Gasteiger partial charge in [0.25, 0.3) is 0 Å². The Morgan fingerprint density at radius 2 is 1.35 bits per heavy atom. The zero-order chi connectivity index (χ0) is 16.6. The maximum atomic E-state index is 11.6. The minimum Gasteiger partial charge on any atom is -0.460 e. The highest BCUT2D eigenvalue weighted by atomic mass is 16.6. The van der Waals surface area contributed by atoms with Gasteiger partial charge in [-0.1, -0.05) is 38.0 Å². The minimum atomic E-state index is -0.328. The summed E-state index contributed by atoms with van der Waals surface area (Å²) in [6.45, 7) is 5.80. The summed E-state index contributed by atoms with van der Waals surface area (Å²) in [5.41, 5.74) is 0.551. The summed E-state index contributed by atoms with van der Waals surface area (Å²) in [6, 6.07) is 8.91. The number of esters is 1. The number of carbonyl (C=O) groups is 1. The van der Waals surface area contributed by atoms with Gasteiger partial charge in [-0.05, 0) is 18.6 Å². The Hall–Kier alpha value is -1.43. The number of hydrogen-bond acceptors (Lipinski definition) is 5. The Morgan fingerprint density at radius 1 is 0.783 bits per heavy atom. The van der Waals surface area contributed by atoms with E-state index in [1.807, 2.05) is 6.07 Å². The minimum absolute atomic E-state index is 0.244. The highest BCUT2D eigenvalue weighted by molar-refractivity contribution is 5.89. The summed E-state index contributed by atoms with van der Waals surface area (Å²) in [4.78, 5) is 11.6. The topological polar surface area (TPSA) is 54.0 Å². The van der Waals surface area contributed by atoms with E-state index >= 15 is 0 Å². The molecule has 0 unspecified atom stereocenters. The lowest BCUT2D eigenvalue weighted by atomic mass is 10.2. The van der Waals surface area contributed by atoms with E-state index in [9.17, 15) is 4.79 Å². The van der Waals surface area contributed by atoms with Gasteiger partial charge >= 0.3 is 5.97 Å². The van der Waals surface area contributed by atoms with Gasteiger partial charge in [0.15, 0.2) is 0 Å². The molecule has 0 aromatic heterocycles. The SMILES string of the molecule is CCCCCOCCOCCOCCOC(=O)c1ccccc1. The van der Waals surface area contributed by atoms with Crippen LogP contribution in [0.4, 0.5) is 0 Å². The molecule has 0 aliphatic rings. The van der Waals surface area contributed by atoms with Crippen LogP contribution in [0.2, 0.25) is 0 Å². The maximum absolute atomic E-state index is 11.6.